The van der Waals surface area contributed by atoms with E-state index in [2.05, 4.69) is 0 Å². The number of nitro groups is 1. The zero-order valence-electron chi connectivity index (χ0n) is 20.6. The molecule has 0 aliphatic carbocycles. The Hall–Kier alpha value is -5.05. The van der Waals surface area contributed by atoms with Gasteiger partial charge >= 0.3 is 6.23 Å². The van der Waals surface area contributed by atoms with Crippen molar-refractivity contribution >= 4 is 17.9 Å². The highest BCUT2D eigenvalue weighted by atomic mass is 16.7. The van der Waals surface area contributed by atoms with Crippen molar-refractivity contribution in [3.63, 3.8) is 0 Å². The van der Waals surface area contributed by atoms with Crippen LogP contribution in [0.3, 0.4) is 0 Å². The molecule has 0 unspecified atom stereocenters. The first-order chi connectivity index (χ1) is 18.3. The van der Waals surface area contributed by atoms with Crippen LogP contribution in [-0.4, -0.2) is 41.4 Å². The van der Waals surface area contributed by atoms with E-state index in [1.54, 1.807) is 60.7 Å². The first-order valence-electron chi connectivity index (χ1n) is 11.6. The molecule has 3 aromatic carbocycles. The van der Waals surface area contributed by atoms with Gasteiger partial charge in [0.1, 0.15) is 11.7 Å². The Morgan fingerprint density at radius 2 is 1.47 bits per heavy atom. The third-order valence-electron chi connectivity index (χ3n) is 6.00. The molecule has 0 bridgehead atoms. The Morgan fingerprint density at radius 3 is 2.03 bits per heavy atom. The van der Waals surface area contributed by atoms with Crippen LogP contribution in [0.5, 0.6) is 23.0 Å². The molecular formula is C29H25NO8. The summed E-state index contributed by atoms with van der Waals surface area (Å²) in [6.07, 6.45) is 4.44. The van der Waals surface area contributed by atoms with E-state index in [4.69, 9.17) is 14.2 Å². The zero-order valence-corrected chi connectivity index (χ0v) is 20.6. The molecule has 0 saturated heterocycles. The van der Waals surface area contributed by atoms with Crippen molar-refractivity contribution in [3.8, 4) is 23.0 Å². The standard InChI is InChI=1S/C29H25NO8/c1-36-25-16-18(8-12-21(25)31)10-14-23(33)28-24(15-11-19-9-13-22(32)26(17-19)37-2)38-29(30(34)35)27(28)20-6-4-3-5-7-20/h3-17,27,29,31-32H,1-2H3/b14-10+,15-11+/t27-,29-/m0/s1. The summed E-state index contributed by atoms with van der Waals surface area (Å²) in [5.74, 6) is -0.950. The molecule has 0 aromatic heterocycles. The van der Waals surface area contributed by atoms with Crippen molar-refractivity contribution in [2.75, 3.05) is 14.2 Å². The number of carbonyl (C=O) groups is 1. The summed E-state index contributed by atoms with van der Waals surface area (Å²) in [5, 5.41) is 31.7. The summed E-state index contributed by atoms with van der Waals surface area (Å²) in [6, 6.07) is 18.0. The summed E-state index contributed by atoms with van der Waals surface area (Å²) in [6.45, 7) is 0. The van der Waals surface area contributed by atoms with Crippen molar-refractivity contribution in [1.82, 2.24) is 0 Å². The van der Waals surface area contributed by atoms with E-state index in [9.17, 15) is 25.1 Å². The monoisotopic (exact) mass is 515 g/mol. The summed E-state index contributed by atoms with van der Waals surface area (Å²) < 4.78 is 16.0. The smallest absolute Gasteiger partial charge is 0.365 e. The Bertz CT molecular complexity index is 1440. The quantitative estimate of drug-likeness (QED) is 0.229. The molecule has 4 rings (SSSR count). The van der Waals surface area contributed by atoms with Crippen LogP contribution in [0.1, 0.15) is 22.6 Å². The van der Waals surface area contributed by atoms with E-state index >= 15 is 0 Å². The van der Waals surface area contributed by atoms with Crippen molar-refractivity contribution in [2.24, 2.45) is 0 Å². The van der Waals surface area contributed by atoms with Gasteiger partial charge in [-0.1, -0.05) is 54.6 Å². The second kappa shape index (κ2) is 11.3. The highest BCUT2D eigenvalue weighted by Crippen LogP contribution is 2.41. The number of aromatic hydroxyl groups is 2. The molecule has 1 aliphatic heterocycles. The zero-order chi connectivity index (χ0) is 27.2. The molecule has 3 aromatic rings. The molecule has 9 nitrogen and oxygen atoms in total. The van der Waals surface area contributed by atoms with Gasteiger partial charge in [-0.3, -0.25) is 14.9 Å². The summed E-state index contributed by atoms with van der Waals surface area (Å²) in [4.78, 5) is 25.0. The van der Waals surface area contributed by atoms with E-state index in [0.29, 0.717) is 16.7 Å². The van der Waals surface area contributed by atoms with Crippen molar-refractivity contribution in [1.29, 1.82) is 0 Å². The molecule has 1 aliphatic rings. The fraction of sp³-hybridized carbons (Fsp3) is 0.138. The number of phenolic OH excluding ortho intramolecular Hbond substituents is 2. The maximum absolute atomic E-state index is 13.5. The molecule has 0 radical (unpaired) electrons. The van der Waals surface area contributed by atoms with Crippen molar-refractivity contribution < 1.29 is 34.1 Å². The highest BCUT2D eigenvalue weighted by Gasteiger charge is 2.47. The van der Waals surface area contributed by atoms with Crippen LogP contribution < -0.4 is 9.47 Å². The van der Waals surface area contributed by atoms with Gasteiger partial charge in [0.05, 0.1) is 24.7 Å². The molecule has 194 valence electrons. The number of benzene rings is 3. The van der Waals surface area contributed by atoms with Gasteiger partial charge in [-0.05, 0) is 53.1 Å². The lowest BCUT2D eigenvalue weighted by atomic mass is 9.87. The predicted octanol–water partition coefficient (Wildman–Crippen LogP) is 5.08. The normalized spacial score (nSPS) is 17.1. The lowest BCUT2D eigenvalue weighted by Crippen LogP contribution is -2.27. The average molecular weight is 516 g/mol. The van der Waals surface area contributed by atoms with Gasteiger partial charge < -0.3 is 24.4 Å². The van der Waals surface area contributed by atoms with Gasteiger partial charge in [0.15, 0.2) is 28.8 Å². The lowest BCUT2D eigenvalue weighted by Gasteiger charge is -2.14. The van der Waals surface area contributed by atoms with E-state index in [1.165, 1.54) is 44.6 Å². The molecule has 38 heavy (non-hydrogen) atoms. The van der Waals surface area contributed by atoms with Gasteiger partial charge in [-0.25, -0.2) is 0 Å². The predicted molar refractivity (Wildman–Crippen MR) is 140 cm³/mol. The minimum atomic E-state index is -1.51. The third kappa shape index (κ3) is 5.52. The van der Waals surface area contributed by atoms with Gasteiger partial charge in [0, 0.05) is 0 Å². The number of ketones is 1. The Balaban J connectivity index is 1.77. The average Bonchev–Trinajstić information content (AvgIpc) is 3.32. The van der Waals surface area contributed by atoms with Crippen LogP contribution >= 0.6 is 0 Å². The van der Waals surface area contributed by atoms with E-state index < -0.39 is 22.9 Å². The first kappa shape index (κ1) is 26.0. The van der Waals surface area contributed by atoms with Crippen molar-refractivity contribution in [2.45, 2.75) is 12.1 Å². The molecule has 0 fully saturated rings. The SMILES string of the molecule is COc1cc(/C=C/C(=O)C2=C(/C=C/c3ccc(O)c(OC)c3)O[C@H]([N+](=O)[O-])[C@H]2c2ccccc2)ccc1O. The van der Waals surface area contributed by atoms with Crippen molar-refractivity contribution in [3.05, 3.63) is 117 Å². The number of hydrogen-bond donors (Lipinski definition) is 2. The molecule has 0 spiro atoms. The number of phenols is 2. The molecule has 2 N–H and O–H groups in total. The Kier molecular flexibility index (Phi) is 7.77. The molecule has 1 heterocycles. The largest absolute Gasteiger partial charge is 0.504 e. The minimum absolute atomic E-state index is 0.0367. The van der Waals surface area contributed by atoms with Crippen LogP contribution in [-0.2, 0) is 9.53 Å². The number of methoxy groups -OCH3 is 2. The Labute approximate surface area is 218 Å². The van der Waals surface area contributed by atoms with E-state index in [-0.39, 0.29) is 34.3 Å². The first-order valence-corrected chi connectivity index (χ1v) is 11.6. The topological polar surface area (TPSA) is 128 Å². The van der Waals surface area contributed by atoms with Crippen LogP contribution in [0.15, 0.2) is 90.2 Å². The maximum Gasteiger partial charge on any atom is 0.365 e. The summed E-state index contributed by atoms with van der Waals surface area (Å²) in [5.41, 5.74) is 1.90. The molecule has 0 saturated carbocycles. The second-order valence-electron chi connectivity index (χ2n) is 8.35. The third-order valence-corrected chi connectivity index (χ3v) is 6.00. The number of carbonyl (C=O) groups excluding carboxylic acids is 1. The number of nitrogens with zero attached hydrogens (tertiary/aromatic N) is 1. The van der Waals surface area contributed by atoms with Crippen LogP contribution in [0.25, 0.3) is 12.2 Å². The molecular weight excluding hydrogens is 490 g/mol. The maximum atomic E-state index is 13.5. The van der Waals surface area contributed by atoms with Crippen LogP contribution in [0.2, 0.25) is 0 Å². The fourth-order valence-electron chi connectivity index (χ4n) is 4.15. The number of ether oxygens (including phenoxy) is 3. The number of allylic oxidation sites excluding steroid dienone is 2. The lowest BCUT2D eigenvalue weighted by molar-refractivity contribution is -0.570. The number of hydrogen-bond acceptors (Lipinski definition) is 8. The van der Waals surface area contributed by atoms with Gasteiger partial charge in [-0.2, -0.15) is 0 Å². The van der Waals surface area contributed by atoms with Gasteiger partial charge in [-0.15, -0.1) is 0 Å². The summed E-state index contributed by atoms with van der Waals surface area (Å²) >= 11 is 0. The van der Waals surface area contributed by atoms with E-state index in [1.807, 2.05) is 0 Å². The van der Waals surface area contributed by atoms with Crippen LogP contribution in [0, 0.1) is 10.1 Å². The molecule has 2 atom stereocenters. The Morgan fingerprint density at radius 1 is 0.895 bits per heavy atom. The fourth-order valence-corrected chi connectivity index (χ4v) is 4.15. The van der Waals surface area contributed by atoms with Crippen LogP contribution in [0.4, 0.5) is 0 Å². The van der Waals surface area contributed by atoms with Gasteiger partial charge in [0.2, 0.25) is 0 Å². The molecule has 9 heteroatoms. The number of rotatable bonds is 9. The molecule has 0 amide bonds. The minimum Gasteiger partial charge on any atom is -0.504 e. The highest BCUT2D eigenvalue weighted by molar-refractivity contribution is 6.08. The second-order valence-corrected chi connectivity index (χ2v) is 8.35. The van der Waals surface area contributed by atoms with Gasteiger partial charge in [0.25, 0.3) is 0 Å². The van der Waals surface area contributed by atoms with E-state index in [0.717, 1.165) is 0 Å². The summed E-state index contributed by atoms with van der Waals surface area (Å²) in [7, 11) is 2.84.